The summed E-state index contributed by atoms with van der Waals surface area (Å²) in [7, 11) is 0. The Morgan fingerprint density at radius 1 is 1.55 bits per heavy atom. The number of para-hydroxylation sites is 1. The molecule has 7 nitrogen and oxygen atoms in total. The van der Waals surface area contributed by atoms with Crippen LogP contribution in [0, 0.1) is 10.1 Å². The number of nitrogens with zero attached hydrogens (tertiary/aromatic N) is 1. The van der Waals surface area contributed by atoms with Crippen LogP contribution in [0.4, 0.5) is 0 Å². The van der Waals surface area contributed by atoms with Gasteiger partial charge in [-0.15, -0.1) is 10.1 Å². The summed E-state index contributed by atoms with van der Waals surface area (Å²) < 4.78 is 5.63. The van der Waals surface area contributed by atoms with Gasteiger partial charge < -0.3 is 20.0 Å². The molecule has 0 spiro atoms. The molecular weight excluding hydrogens is 288 g/mol. The van der Waals surface area contributed by atoms with E-state index >= 15 is 0 Å². The average Bonchev–Trinajstić information content (AvgIpc) is 2.44. The van der Waals surface area contributed by atoms with Crippen LogP contribution in [-0.2, 0) is 17.7 Å². The molecule has 0 saturated heterocycles. The predicted molar refractivity (Wildman–Crippen MR) is 80.4 cm³/mol. The van der Waals surface area contributed by atoms with Crippen LogP contribution in [0.1, 0.15) is 25.0 Å². The Hall–Kier alpha value is -1.86. The first-order valence-electron chi connectivity index (χ1n) is 7.42. The van der Waals surface area contributed by atoms with Gasteiger partial charge >= 0.3 is 0 Å². The van der Waals surface area contributed by atoms with Gasteiger partial charge in [0.05, 0.1) is 6.10 Å². The number of rotatable bonds is 7. The van der Waals surface area contributed by atoms with Gasteiger partial charge in [-0.1, -0.05) is 32.0 Å². The first-order valence-corrected chi connectivity index (χ1v) is 7.42. The van der Waals surface area contributed by atoms with Crippen molar-refractivity contribution < 1.29 is 19.8 Å². The Bertz CT molecular complexity index is 521. The van der Waals surface area contributed by atoms with Crippen LogP contribution in [0.25, 0.3) is 0 Å². The molecule has 2 rings (SSSR count). The van der Waals surface area contributed by atoms with E-state index in [2.05, 4.69) is 10.2 Å². The van der Waals surface area contributed by atoms with Gasteiger partial charge in [0.25, 0.3) is 5.09 Å². The van der Waals surface area contributed by atoms with Crippen molar-refractivity contribution in [2.45, 2.75) is 44.9 Å². The van der Waals surface area contributed by atoms with Crippen molar-refractivity contribution in [2.75, 3.05) is 13.2 Å². The van der Waals surface area contributed by atoms with Gasteiger partial charge in [-0.05, 0) is 11.1 Å². The maximum Gasteiger partial charge on any atom is 0.294 e. The lowest BCUT2D eigenvalue weighted by Gasteiger charge is -2.26. The highest BCUT2D eigenvalue weighted by atomic mass is 17.0. The molecule has 1 aromatic rings. The molecule has 0 aromatic heterocycles. The van der Waals surface area contributed by atoms with Crippen LogP contribution in [-0.4, -0.2) is 41.6 Å². The van der Waals surface area contributed by atoms with Crippen LogP contribution >= 0.6 is 0 Å². The highest BCUT2D eigenvalue weighted by Gasteiger charge is 2.25. The molecule has 122 valence electrons. The zero-order valence-electron chi connectivity index (χ0n) is 12.8. The average molecular weight is 310 g/mol. The molecule has 1 aliphatic heterocycles. The number of fused-ring (bicyclic) bond motifs is 1. The quantitative estimate of drug-likeness (QED) is 0.578. The summed E-state index contributed by atoms with van der Waals surface area (Å²) in [4.78, 5) is 15.0. The first kappa shape index (κ1) is 16.5. The van der Waals surface area contributed by atoms with Crippen molar-refractivity contribution in [3.8, 4) is 5.75 Å². The molecule has 7 heteroatoms. The van der Waals surface area contributed by atoms with E-state index in [1.54, 1.807) is 0 Å². The van der Waals surface area contributed by atoms with Crippen LogP contribution in [0.5, 0.6) is 5.75 Å². The molecule has 1 aromatic carbocycles. The summed E-state index contributed by atoms with van der Waals surface area (Å²) in [6, 6.07) is 5.96. The van der Waals surface area contributed by atoms with Gasteiger partial charge in [0.1, 0.15) is 18.5 Å². The van der Waals surface area contributed by atoms with E-state index in [-0.39, 0.29) is 6.61 Å². The van der Waals surface area contributed by atoms with E-state index in [9.17, 15) is 15.2 Å². The molecule has 1 heterocycles. The lowest BCUT2D eigenvalue weighted by Crippen LogP contribution is -2.34. The van der Waals surface area contributed by atoms with Crippen molar-refractivity contribution in [3.63, 3.8) is 0 Å². The Balaban J connectivity index is 2.02. The third-order valence-corrected chi connectivity index (χ3v) is 3.49. The Morgan fingerprint density at radius 3 is 3.00 bits per heavy atom. The third-order valence-electron chi connectivity index (χ3n) is 3.49. The SMILES string of the molecule is CC(C)NC[C@H](O)Cc1cccc2c1OC[C@@H](O[N+](=O)[O-])C2. The lowest BCUT2D eigenvalue weighted by molar-refractivity contribution is -0.769. The van der Waals surface area contributed by atoms with Crippen LogP contribution in [0.2, 0.25) is 0 Å². The van der Waals surface area contributed by atoms with Crippen LogP contribution in [0.3, 0.4) is 0 Å². The molecular formula is C15H22N2O5. The minimum absolute atomic E-state index is 0.144. The molecule has 22 heavy (non-hydrogen) atoms. The van der Waals surface area contributed by atoms with Gasteiger partial charge in [0.2, 0.25) is 0 Å². The normalized spacial score (nSPS) is 18.5. The van der Waals surface area contributed by atoms with Crippen molar-refractivity contribution in [3.05, 3.63) is 39.4 Å². The Kier molecular flexibility index (Phi) is 5.57. The van der Waals surface area contributed by atoms with E-state index in [4.69, 9.17) is 4.74 Å². The molecule has 2 atom stereocenters. The Morgan fingerprint density at radius 2 is 2.32 bits per heavy atom. The van der Waals surface area contributed by atoms with Gasteiger partial charge in [-0.3, -0.25) is 0 Å². The molecule has 1 aliphatic rings. The molecule has 0 unspecified atom stereocenters. The molecule has 0 bridgehead atoms. The number of aliphatic hydroxyl groups is 1. The summed E-state index contributed by atoms with van der Waals surface area (Å²) >= 11 is 0. The highest BCUT2D eigenvalue weighted by Crippen LogP contribution is 2.30. The molecule has 0 amide bonds. The minimum Gasteiger partial charge on any atom is -0.491 e. The maximum atomic E-state index is 10.4. The number of benzene rings is 1. The second-order valence-corrected chi connectivity index (χ2v) is 5.79. The molecule has 0 aliphatic carbocycles. The van der Waals surface area contributed by atoms with Gasteiger partial charge in [-0.25, -0.2) is 0 Å². The molecule has 0 radical (unpaired) electrons. The van der Waals surface area contributed by atoms with E-state index < -0.39 is 17.3 Å². The number of ether oxygens (including phenoxy) is 1. The molecule has 0 saturated carbocycles. The standard InChI is InChI=1S/C15H22N2O5/c1-10(2)16-8-13(18)6-11-4-3-5-12-7-14(22-17(19)20)9-21-15(11)12/h3-5,10,13-14,16,18H,6-9H2,1-2H3/t13-,14+/m1/s1. The van der Waals surface area contributed by atoms with Crippen molar-refractivity contribution >= 4 is 0 Å². The summed E-state index contributed by atoms with van der Waals surface area (Å²) in [5.74, 6) is 0.717. The second kappa shape index (κ2) is 7.42. The van der Waals surface area contributed by atoms with Crippen molar-refractivity contribution in [2.24, 2.45) is 0 Å². The third kappa shape index (κ3) is 4.57. The van der Waals surface area contributed by atoms with Crippen LogP contribution < -0.4 is 10.1 Å². The monoisotopic (exact) mass is 310 g/mol. The van der Waals surface area contributed by atoms with E-state index in [1.807, 2.05) is 32.0 Å². The fourth-order valence-electron chi connectivity index (χ4n) is 2.51. The molecule has 2 N–H and O–H groups in total. The largest absolute Gasteiger partial charge is 0.491 e. The first-order chi connectivity index (χ1) is 10.5. The summed E-state index contributed by atoms with van der Waals surface area (Å²) in [6.45, 7) is 4.70. The number of nitrogens with one attached hydrogen (secondary N) is 1. The van der Waals surface area contributed by atoms with Gasteiger partial charge in [-0.2, -0.15) is 0 Å². The summed E-state index contributed by atoms with van der Waals surface area (Å²) in [5.41, 5.74) is 1.79. The molecule has 0 fully saturated rings. The fraction of sp³-hybridized carbons (Fsp3) is 0.600. The smallest absolute Gasteiger partial charge is 0.294 e. The second-order valence-electron chi connectivity index (χ2n) is 5.79. The van der Waals surface area contributed by atoms with Crippen molar-refractivity contribution in [1.29, 1.82) is 0 Å². The van der Waals surface area contributed by atoms with Crippen molar-refractivity contribution in [1.82, 2.24) is 5.32 Å². The highest BCUT2D eigenvalue weighted by molar-refractivity contribution is 5.43. The number of aliphatic hydroxyl groups excluding tert-OH is 1. The summed E-state index contributed by atoms with van der Waals surface area (Å²) in [5, 5.41) is 22.9. The predicted octanol–water partition coefficient (Wildman–Crippen LogP) is 1.10. The Labute approximate surface area is 129 Å². The zero-order chi connectivity index (χ0) is 16.1. The van der Waals surface area contributed by atoms with E-state index in [0.717, 1.165) is 11.1 Å². The topological polar surface area (TPSA) is 93.9 Å². The summed E-state index contributed by atoms with van der Waals surface area (Å²) in [6.07, 6.45) is -0.177. The minimum atomic E-state index is -0.787. The van der Waals surface area contributed by atoms with E-state index in [0.29, 0.717) is 31.2 Å². The van der Waals surface area contributed by atoms with E-state index in [1.165, 1.54) is 0 Å². The zero-order valence-corrected chi connectivity index (χ0v) is 12.8. The fourth-order valence-corrected chi connectivity index (χ4v) is 2.51. The van der Waals surface area contributed by atoms with Gasteiger partial charge in [0, 0.05) is 25.4 Å². The van der Waals surface area contributed by atoms with Gasteiger partial charge in [0.15, 0.2) is 0 Å². The lowest BCUT2D eigenvalue weighted by atomic mass is 9.98. The number of hydrogen-bond acceptors (Lipinski definition) is 6. The maximum absolute atomic E-state index is 10.4. The number of hydrogen-bond donors (Lipinski definition) is 2. The van der Waals surface area contributed by atoms with Crippen LogP contribution in [0.15, 0.2) is 18.2 Å².